The number of aliphatic hydroxyl groups excluding tert-OH is 1. The first-order valence-corrected chi connectivity index (χ1v) is 12.1. The lowest BCUT2D eigenvalue weighted by Gasteiger charge is -2.16. The molecule has 0 fully saturated rings. The summed E-state index contributed by atoms with van der Waals surface area (Å²) in [5.41, 5.74) is 4.53. The SMILES string of the molecule is COc1cc(Nc2nc(NCCCO)c3c(n2)C(c2ccc(F)cc2)CC3)ccc1-n1cnc(Cl)c1. The molecule has 0 bridgehead atoms. The van der Waals surface area contributed by atoms with Gasteiger partial charge >= 0.3 is 0 Å². The number of imidazole rings is 1. The molecule has 0 saturated heterocycles. The monoisotopic (exact) mass is 508 g/mol. The van der Waals surface area contributed by atoms with E-state index in [0.29, 0.717) is 29.8 Å². The second-order valence-corrected chi connectivity index (χ2v) is 8.91. The molecule has 2 aromatic carbocycles. The van der Waals surface area contributed by atoms with Gasteiger partial charge in [-0.25, -0.2) is 14.4 Å². The molecule has 0 amide bonds. The lowest BCUT2D eigenvalue weighted by molar-refractivity contribution is 0.292. The maximum absolute atomic E-state index is 13.5. The minimum absolute atomic E-state index is 0.0467. The van der Waals surface area contributed by atoms with Gasteiger partial charge in [0, 0.05) is 42.6 Å². The van der Waals surface area contributed by atoms with Crippen LogP contribution >= 0.6 is 11.6 Å². The van der Waals surface area contributed by atoms with E-state index < -0.39 is 0 Å². The molecule has 0 saturated carbocycles. The second kappa shape index (κ2) is 10.5. The fourth-order valence-electron chi connectivity index (χ4n) is 4.50. The molecule has 2 heterocycles. The molecule has 1 aliphatic rings. The smallest absolute Gasteiger partial charge is 0.229 e. The summed E-state index contributed by atoms with van der Waals surface area (Å²) < 4.78 is 20.9. The molecule has 0 radical (unpaired) electrons. The van der Waals surface area contributed by atoms with Crippen LogP contribution in [0.5, 0.6) is 5.75 Å². The molecule has 3 N–H and O–H groups in total. The van der Waals surface area contributed by atoms with Crippen LogP contribution in [0, 0.1) is 5.82 Å². The maximum atomic E-state index is 13.5. The van der Waals surface area contributed by atoms with Gasteiger partial charge in [0.2, 0.25) is 5.95 Å². The van der Waals surface area contributed by atoms with Crippen molar-refractivity contribution in [1.82, 2.24) is 19.5 Å². The summed E-state index contributed by atoms with van der Waals surface area (Å²) in [4.78, 5) is 13.7. The molecule has 1 atom stereocenters. The zero-order valence-corrected chi connectivity index (χ0v) is 20.5. The van der Waals surface area contributed by atoms with Crippen LogP contribution in [0.1, 0.15) is 35.6 Å². The van der Waals surface area contributed by atoms with Gasteiger partial charge in [-0.15, -0.1) is 0 Å². The van der Waals surface area contributed by atoms with Crippen LogP contribution < -0.4 is 15.4 Å². The van der Waals surface area contributed by atoms with Crippen molar-refractivity contribution in [1.29, 1.82) is 0 Å². The fraction of sp³-hybridized carbons (Fsp3) is 0.269. The van der Waals surface area contributed by atoms with E-state index in [1.54, 1.807) is 24.2 Å². The first-order chi connectivity index (χ1) is 17.6. The third kappa shape index (κ3) is 4.98. The largest absolute Gasteiger partial charge is 0.494 e. The van der Waals surface area contributed by atoms with Crippen LogP contribution in [-0.4, -0.2) is 44.9 Å². The molecule has 0 spiro atoms. The van der Waals surface area contributed by atoms with Crippen molar-refractivity contribution >= 4 is 29.1 Å². The van der Waals surface area contributed by atoms with Gasteiger partial charge in [0.05, 0.1) is 18.5 Å². The number of fused-ring (bicyclic) bond motifs is 1. The highest BCUT2D eigenvalue weighted by atomic mass is 35.5. The van der Waals surface area contributed by atoms with Crippen LogP contribution in [0.3, 0.4) is 0 Å². The molecule has 0 aliphatic heterocycles. The van der Waals surface area contributed by atoms with Crippen molar-refractivity contribution < 1.29 is 14.2 Å². The molecule has 1 aliphatic carbocycles. The molecular weight excluding hydrogens is 483 g/mol. The number of ether oxygens (including phenoxy) is 1. The van der Waals surface area contributed by atoms with Crippen LogP contribution in [0.4, 0.5) is 21.8 Å². The number of benzene rings is 2. The lowest BCUT2D eigenvalue weighted by atomic mass is 9.97. The van der Waals surface area contributed by atoms with Gasteiger partial charge in [-0.05, 0) is 49.1 Å². The van der Waals surface area contributed by atoms with Crippen molar-refractivity contribution in [2.75, 3.05) is 30.9 Å². The van der Waals surface area contributed by atoms with Gasteiger partial charge in [-0.3, -0.25) is 0 Å². The second-order valence-electron chi connectivity index (χ2n) is 8.52. The summed E-state index contributed by atoms with van der Waals surface area (Å²) in [6.45, 7) is 0.689. The Hall–Kier alpha value is -3.69. The van der Waals surface area contributed by atoms with Gasteiger partial charge in [0.25, 0.3) is 0 Å². The molecule has 1 unspecified atom stereocenters. The summed E-state index contributed by atoms with van der Waals surface area (Å²) in [6, 6.07) is 12.2. The summed E-state index contributed by atoms with van der Waals surface area (Å²) in [5, 5.41) is 16.3. The molecule has 8 nitrogen and oxygen atoms in total. The predicted molar refractivity (Wildman–Crippen MR) is 137 cm³/mol. The van der Waals surface area contributed by atoms with E-state index in [1.165, 1.54) is 12.1 Å². The van der Waals surface area contributed by atoms with Gasteiger partial charge in [-0.2, -0.15) is 4.98 Å². The molecule has 4 aromatic rings. The van der Waals surface area contributed by atoms with Crippen LogP contribution in [0.25, 0.3) is 5.69 Å². The van der Waals surface area contributed by atoms with E-state index in [9.17, 15) is 9.50 Å². The number of halogens is 2. The number of rotatable bonds is 9. The van der Waals surface area contributed by atoms with E-state index in [1.807, 2.05) is 30.3 Å². The van der Waals surface area contributed by atoms with Crippen LogP contribution in [0.2, 0.25) is 5.15 Å². The van der Waals surface area contributed by atoms with Crippen molar-refractivity contribution in [2.45, 2.75) is 25.2 Å². The van der Waals surface area contributed by atoms with E-state index in [4.69, 9.17) is 26.3 Å². The van der Waals surface area contributed by atoms with Gasteiger partial charge < -0.3 is 25.0 Å². The standard InChI is InChI=1S/C26H26ClFN6O2/c1-36-22-13-18(7-10-21(22)34-14-23(27)30-15-34)31-26-32-24-19(16-3-5-17(28)6-4-16)8-9-20(24)25(33-26)29-11-2-12-35/h3-7,10,13-15,19,35H,2,8-9,11-12H2,1H3,(H2,29,31,32,33). The molecule has 10 heteroatoms. The maximum Gasteiger partial charge on any atom is 0.229 e. The highest BCUT2D eigenvalue weighted by Crippen LogP contribution is 2.40. The third-order valence-electron chi connectivity index (χ3n) is 6.22. The van der Waals surface area contributed by atoms with Gasteiger partial charge in [-0.1, -0.05) is 23.7 Å². The van der Waals surface area contributed by atoms with Gasteiger partial charge in [0.1, 0.15) is 28.9 Å². The average molecular weight is 509 g/mol. The Morgan fingerprint density at radius 2 is 2.03 bits per heavy atom. The van der Waals surface area contributed by atoms with Crippen LogP contribution in [0.15, 0.2) is 55.0 Å². The molecule has 2 aromatic heterocycles. The minimum atomic E-state index is -0.260. The number of nitrogens with zero attached hydrogens (tertiary/aromatic N) is 4. The number of aliphatic hydroxyl groups is 1. The quantitative estimate of drug-likeness (QED) is 0.271. The third-order valence-corrected chi connectivity index (χ3v) is 6.41. The summed E-state index contributed by atoms with van der Waals surface area (Å²) in [5.74, 6) is 1.60. The lowest BCUT2D eigenvalue weighted by Crippen LogP contribution is -2.11. The van der Waals surface area contributed by atoms with Crippen molar-refractivity contribution in [2.24, 2.45) is 0 Å². The zero-order chi connectivity index (χ0) is 25.1. The Balaban J connectivity index is 1.48. The van der Waals surface area contributed by atoms with E-state index >= 15 is 0 Å². The van der Waals surface area contributed by atoms with Crippen molar-refractivity contribution in [3.05, 3.63) is 82.8 Å². The molecule has 5 rings (SSSR count). The Morgan fingerprint density at radius 3 is 2.75 bits per heavy atom. The predicted octanol–water partition coefficient (Wildman–Crippen LogP) is 5.08. The van der Waals surface area contributed by atoms with Crippen molar-refractivity contribution in [3.63, 3.8) is 0 Å². The number of hydrogen-bond donors (Lipinski definition) is 3. The molecular formula is C26H26ClFN6O2. The fourth-order valence-corrected chi connectivity index (χ4v) is 4.65. The number of methoxy groups -OCH3 is 1. The average Bonchev–Trinajstić information content (AvgIpc) is 3.51. The molecule has 36 heavy (non-hydrogen) atoms. The zero-order valence-electron chi connectivity index (χ0n) is 19.7. The normalized spacial score (nSPS) is 14.5. The number of hydrogen-bond acceptors (Lipinski definition) is 7. The topological polar surface area (TPSA) is 97.1 Å². The Labute approximate surface area is 213 Å². The summed E-state index contributed by atoms with van der Waals surface area (Å²) >= 11 is 5.97. The number of anilines is 3. The van der Waals surface area contributed by atoms with E-state index in [-0.39, 0.29) is 18.3 Å². The Morgan fingerprint density at radius 1 is 1.19 bits per heavy atom. The number of nitrogens with one attached hydrogen (secondary N) is 2. The Bertz CT molecular complexity index is 1360. The van der Waals surface area contributed by atoms with Gasteiger partial charge in [0.15, 0.2) is 0 Å². The summed E-state index contributed by atoms with van der Waals surface area (Å²) in [6.07, 6.45) is 5.62. The van der Waals surface area contributed by atoms with Crippen LogP contribution in [-0.2, 0) is 6.42 Å². The highest BCUT2D eigenvalue weighted by molar-refractivity contribution is 6.29. The minimum Gasteiger partial charge on any atom is -0.494 e. The number of aromatic nitrogens is 4. The molecule has 186 valence electrons. The highest BCUT2D eigenvalue weighted by Gasteiger charge is 2.29. The Kier molecular flexibility index (Phi) is 7.02. The first-order valence-electron chi connectivity index (χ1n) is 11.7. The van der Waals surface area contributed by atoms with Crippen molar-refractivity contribution in [3.8, 4) is 11.4 Å². The van der Waals surface area contributed by atoms with E-state index in [0.717, 1.165) is 46.9 Å². The summed E-state index contributed by atoms with van der Waals surface area (Å²) in [7, 11) is 1.60. The first kappa shape index (κ1) is 24.0. The van der Waals surface area contributed by atoms with E-state index in [2.05, 4.69) is 15.6 Å².